The molecule has 50 heavy (non-hydrogen) atoms. The molecule has 2 aliphatic rings. The summed E-state index contributed by atoms with van der Waals surface area (Å²) >= 11 is 0. The maximum absolute atomic E-state index is 5.23. The second-order valence-corrected chi connectivity index (χ2v) is 15.4. The van der Waals surface area contributed by atoms with Crippen molar-refractivity contribution >= 4 is 28.0 Å². The van der Waals surface area contributed by atoms with Crippen LogP contribution >= 0.6 is 0 Å². The van der Waals surface area contributed by atoms with Gasteiger partial charge in [-0.2, -0.15) is 0 Å². The number of hydrogen-bond acceptors (Lipinski definition) is 2. The van der Waals surface area contributed by atoms with Crippen molar-refractivity contribution in [3.8, 4) is 22.3 Å². The summed E-state index contributed by atoms with van der Waals surface area (Å²) in [4.78, 5) is 10.4. The summed E-state index contributed by atoms with van der Waals surface area (Å²) in [5.41, 5.74) is 15.1. The molecule has 2 nitrogen and oxygen atoms in total. The van der Waals surface area contributed by atoms with E-state index < -0.39 is 0 Å². The quantitative estimate of drug-likeness (QED) is 0.178. The summed E-state index contributed by atoms with van der Waals surface area (Å²) in [5.74, 6) is 0.754. The molecule has 2 heteroatoms. The van der Waals surface area contributed by atoms with Gasteiger partial charge in [-0.05, 0) is 104 Å². The molecule has 0 unspecified atom stereocenters. The fraction of sp³-hybridized carbons (Fsp3) is 0.208. The summed E-state index contributed by atoms with van der Waals surface area (Å²) in [7, 11) is 0. The van der Waals surface area contributed by atoms with Crippen molar-refractivity contribution in [2.75, 3.05) is 0 Å². The van der Waals surface area contributed by atoms with E-state index in [0.717, 1.165) is 46.8 Å². The highest BCUT2D eigenvalue weighted by Gasteiger charge is 2.41. The van der Waals surface area contributed by atoms with Crippen molar-refractivity contribution in [1.29, 1.82) is 0 Å². The third-order valence-electron chi connectivity index (χ3n) is 10.8. The number of amidine groups is 1. The number of rotatable bonds is 5. The first kappa shape index (κ1) is 31.9. The summed E-state index contributed by atoms with van der Waals surface area (Å²) < 4.78 is 0. The maximum Gasteiger partial charge on any atom is 0.160 e. The van der Waals surface area contributed by atoms with Gasteiger partial charge < -0.3 is 0 Å². The lowest BCUT2D eigenvalue weighted by molar-refractivity contribution is 0.403. The van der Waals surface area contributed by atoms with Crippen LogP contribution in [0.2, 0.25) is 0 Å². The highest BCUT2D eigenvalue weighted by molar-refractivity contribution is 6.14. The van der Waals surface area contributed by atoms with Gasteiger partial charge in [0.15, 0.2) is 5.84 Å². The third-order valence-corrected chi connectivity index (χ3v) is 10.8. The topological polar surface area (TPSA) is 24.7 Å². The number of benzene rings is 6. The molecular formula is C48H44N2. The van der Waals surface area contributed by atoms with Gasteiger partial charge in [-0.25, -0.2) is 9.98 Å². The molecule has 0 amide bonds. The van der Waals surface area contributed by atoms with Gasteiger partial charge in [-0.15, -0.1) is 0 Å². The van der Waals surface area contributed by atoms with Crippen LogP contribution in [0.3, 0.4) is 0 Å². The van der Waals surface area contributed by atoms with E-state index in [4.69, 9.17) is 9.98 Å². The van der Waals surface area contributed by atoms with Crippen molar-refractivity contribution in [3.63, 3.8) is 0 Å². The van der Waals surface area contributed by atoms with Crippen LogP contribution in [0.15, 0.2) is 155 Å². The molecule has 0 aromatic heterocycles. The first-order valence-corrected chi connectivity index (χ1v) is 17.9. The zero-order valence-corrected chi connectivity index (χ0v) is 29.8. The van der Waals surface area contributed by atoms with Crippen molar-refractivity contribution < 1.29 is 0 Å². The first-order chi connectivity index (χ1) is 24.1. The van der Waals surface area contributed by atoms with E-state index in [1.165, 1.54) is 56.1 Å². The normalized spacial score (nSPS) is 20.3. The number of aliphatic imine (C=N–C) groups is 2. The largest absolute Gasteiger partial charge is 0.232 e. The highest BCUT2D eigenvalue weighted by Crippen LogP contribution is 2.50. The minimum Gasteiger partial charge on any atom is -0.232 e. The first-order valence-electron chi connectivity index (χ1n) is 17.9. The summed E-state index contributed by atoms with van der Waals surface area (Å²) in [5, 5.41) is 2.51. The van der Waals surface area contributed by atoms with Gasteiger partial charge in [0.2, 0.25) is 0 Å². The molecule has 0 saturated carbocycles. The molecule has 0 spiro atoms. The van der Waals surface area contributed by atoms with E-state index in [1.54, 1.807) is 0 Å². The van der Waals surface area contributed by atoms with Gasteiger partial charge in [-0.1, -0.05) is 155 Å². The molecule has 0 fully saturated rings. The highest BCUT2D eigenvalue weighted by atomic mass is 14.9. The van der Waals surface area contributed by atoms with Gasteiger partial charge in [0.25, 0.3) is 0 Å². The van der Waals surface area contributed by atoms with Crippen LogP contribution in [-0.4, -0.2) is 11.5 Å². The standard InChI is InChI=1S/C48H44N2/c1-32-16-27-44(49-46(36-14-10-7-11-15-36)50-45(32)35-12-8-6-9-13-35)34-19-17-33(18-20-34)37-21-22-39-29-40(24-23-38(39)28-37)41-25-26-42-43(30-41)48(4,5)31-47(42,2)3/h6-15,17-26,28-30H,16,27,31H2,1-5H3/b45-32-,49-44+,50-46-. The smallest absolute Gasteiger partial charge is 0.160 e. The molecule has 1 heterocycles. The lowest BCUT2D eigenvalue weighted by Gasteiger charge is -2.22. The van der Waals surface area contributed by atoms with E-state index in [1.807, 2.05) is 6.07 Å². The van der Waals surface area contributed by atoms with Gasteiger partial charge in [-0.3, -0.25) is 0 Å². The Balaban J connectivity index is 1.08. The molecule has 0 N–H and O–H groups in total. The molecule has 246 valence electrons. The average Bonchev–Trinajstić information content (AvgIpc) is 3.32. The van der Waals surface area contributed by atoms with E-state index >= 15 is 0 Å². The van der Waals surface area contributed by atoms with E-state index in [9.17, 15) is 0 Å². The van der Waals surface area contributed by atoms with Crippen LogP contribution in [-0.2, 0) is 10.8 Å². The van der Waals surface area contributed by atoms with Crippen LogP contribution in [0, 0.1) is 0 Å². The molecule has 8 rings (SSSR count). The van der Waals surface area contributed by atoms with Crippen molar-refractivity contribution in [1.82, 2.24) is 0 Å². The Morgan fingerprint density at radius 3 is 1.62 bits per heavy atom. The molecule has 0 radical (unpaired) electrons. The summed E-state index contributed by atoms with van der Waals surface area (Å²) in [6.45, 7) is 11.7. The molecule has 6 aromatic rings. The Bertz CT molecular complexity index is 2320. The van der Waals surface area contributed by atoms with Crippen molar-refractivity contribution in [3.05, 3.63) is 173 Å². The molecule has 0 saturated heterocycles. The fourth-order valence-electron chi connectivity index (χ4n) is 8.30. The van der Waals surface area contributed by atoms with Gasteiger partial charge in [0.1, 0.15) is 0 Å². The second kappa shape index (κ2) is 12.5. The molecule has 0 atom stereocenters. The summed E-state index contributed by atoms with van der Waals surface area (Å²) in [6.07, 6.45) is 2.94. The zero-order valence-electron chi connectivity index (χ0n) is 29.8. The zero-order chi connectivity index (χ0) is 34.5. The number of nitrogens with zero attached hydrogens (tertiary/aromatic N) is 2. The van der Waals surface area contributed by atoms with Crippen LogP contribution in [0.5, 0.6) is 0 Å². The Morgan fingerprint density at radius 2 is 0.960 bits per heavy atom. The van der Waals surface area contributed by atoms with Gasteiger partial charge in [0, 0.05) is 11.1 Å². The third kappa shape index (κ3) is 6.05. The average molecular weight is 649 g/mol. The van der Waals surface area contributed by atoms with E-state index in [2.05, 4.69) is 168 Å². The maximum atomic E-state index is 5.23. The predicted octanol–water partition coefficient (Wildman–Crippen LogP) is 12.6. The number of hydrogen-bond donors (Lipinski definition) is 0. The molecule has 1 aliphatic carbocycles. The minimum absolute atomic E-state index is 0.192. The Labute approximate surface area is 297 Å². The Hall–Kier alpha value is -5.34. The number of fused-ring (bicyclic) bond motifs is 2. The van der Waals surface area contributed by atoms with Crippen LogP contribution < -0.4 is 0 Å². The molecular weight excluding hydrogens is 605 g/mol. The fourth-order valence-corrected chi connectivity index (χ4v) is 8.30. The van der Waals surface area contributed by atoms with Gasteiger partial charge >= 0.3 is 0 Å². The summed E-state index contributed by atoms with van der Waals surface area (Å²) in [6, 6.07) is 50.6. The van der Waals surface area contributed by atoms with E-state index in [-0.39, 0.29) is 10.8 Å². The van der Waals surface area contributed by atoms with Crippen LogP contribution in [0.25, 0.3) is 38.7 Å². The lowest BCUT2D eigenvalue weighted by atomic mass is 9.82. The van der Waals surface area contributed by atoms with Crippen molar-refractivity contribution in [2.24, 2.45) is 9.98 Å². The lowest BCUT2D eigenvalue weighted by Crippen LogP contribution is -2.17. The molecule has 0 bridgehead atoms. The molecule has 1 aliphatic heterocycles. The monoisotopic (exact) mass is 648 g/mol. The second-order valence-electron chi connectivity index (χ2n) is 15.4. The minimum atomic E-state index is 0.192. The van der Waals surface area contributed by atoms with Crippen LogP contribution in [0.4, 0.5) is 0 Å². The Kier molecular flexibility index (Phi) is 7.99. The van der Waals surface area contributed by atoms with Crippen molar-refractivity contribution in [2.45, 2.75) is 64.7 Å². The molecule has 6 aromatic carbocycles. The van der Waals surface area contributed by atoms with Gasteiger partial charge in [0.05, 0.1) is 11.4 Å². The Morgan fingerprint density at radius 1 is 0.440 bits per heavy atom. The number of allylic oxidation sites excluding steroid dienone is 1. The van der Waals surface area contributed by atoms with E-state index in [0.29, 0.717) is 0 Å². The predicted molar refractivity (Wildman–Crippen MR) is 213 cm³/mol. The SMILES string of the molecule is C/C1=C(c2ccccc2)/N=C(c2ccccc2)\N=C(\c2ccc(-c3ccc4cc(-c5ccc6c(c5)C(C)(C)CC6(C)C)ccc4c3)cc2)CC1. The van der Waals surface area contributed by atoms with Crippen LogP contribution in [0.1, 0.15) is 81.7 Å².